The van der Waals surface area contributed by atoms with E-state index < -0.39 is 5.25 Å². The van der Waals surface area contributed by atoms with Crippen molar-refractivity contribution in [2.75, 3.05) is 11.4 Å². The van der Waals surface area contributed by atoms with Gasteiger partial charge < -0.3 is 10.2 Å². The molecule has 1 aliphatic heterocycles. The maximum absolute atomic E-state index is 12.5. The van der Waals surface area contributed by atoms with Gasteiger partial charge in [-0.3, -0.25) is 9.59 Å². The molecule has 21 heavy (non-hydrogen) atoms. The van der Waals surface area contributed by atoms with Crippen molar-refractivity contribution in [1.82, 2.24) is 10.3 Å². The number of nitrogens with one attached hydrogen (secondary N) is 1. The van der Waals surface area contributed by atoms with Crippen LogP contribution in [-0.2, 0) is 9.59 Å². The predicted octanol–water partition coefficient (Wildman–Crippen LogP) is 2.21. The molecule has 1 aromatic rings. The van der Waals surface area contributed by atoms with Crippen LogP contribution in [0.5, 0.6) is 0 Å². The lowest BCUT2D eigenvalue weighted by Gasteiger charge is -2.32. The number of anilines is 1. The Morgan fingerprint density at radius 3 is 2.95 bits per heavy atom. The molecule has 0 radical (unpaired) electrons. The third-order valence-electron chi connectivity index (χ3n) is 3.54. The van der Waals surface area contributed by atoms with Crippen LogP contribution in [0.1, 0.15) is 33.6 Å². The first-order chi connectivity index (χ1) is 10.1. The molecule has 0 unspecified atom stereocenters. The van der Waals surface area contributed by atoms with Crippen LogP contribution >= 0.6 is 11.8 Å². The Morgan fingerprint density at radius 2 is 2.29 bits per heavy atom. The van der Waals surface area contributed by atoms with Crippen molar-refractivity contribution in [2.24, 2.45) is 0 Å². The number of hydrogen-bond donors (Lipinski definition) is 1. The van der Waals surface area contributed by atoms with Gasteiger partial charge in [0.15, 0.2) is 0 Å². The molecule has 2 amide bonds. The standard InChI is InChI=1S/C15H21N3O2S/c1-4-10(3)17-13(19)9-12-15(20)18(5-2)11-7-6-8-16-14(11)21-12/h6-8,10,12H,4-5,9H2,1-3H3,(H,17,19)/t10-,12+/m0/s1. The van der Waals surface area contributed by atoms with Gasteiger partial charge in [0.05, 0.1) is 10.9 Å². The molecule has 5 nitrogen and oxygen atoms in total. The minimum Gasteiger partial charge on any atom is -0.354 e. The van der Waals surface area contributed by atoms with Crippen LogP contribution in [-0.4, -0.2) is 34.6 Å². The molecule has 0 fully saturated rings. The number of aromatic nitrogens is 1. The van der Waals surface area contributed by atoms with E-state index in [1.54, 1.807) is 11.1 Å². The second-order valence-corrected chi connectivity index (χ2v) is 6.29. The lowest BCUT2D eigenvalue weighted by Crippen LogP contribution is -2.44. The molecule has 114 valence electrons. The molecule has 0 bridgehead atoms. The molecule has 6 heteroatoms. The second kappa shape index (κ2) is 6.93. The number of thioether (sulfide) groups is 1. The quantitative estimate of drug-likeness (QED) is 0.906. The van der Waals surface area contributed by atoms with E-state index in [0.717, 1.165) is 17.1 Å². The molecule has 0 aliphatic carbocycles. The van der Waals surface area contributed by atoms with Crippen molar-refractivity contribution in [2.45, 2.75) is 49.9 Å². The summed E-state index contributed by atoms with van der Waals surface area (Å²) in [6, 6.07) is 3.85. The van der Waals surface area contributed by atoms with Gasteiger partial charge in [0.25, 0.3) is 0 Å². The van der Waals surface area contributed by atoms with Crippen LogP contribution < -0.4 is 10.2 Å². The molecule has 0 spiro atoms. The highest BCUT2D eigenvalue weighted by Crippen LogP contribution is 2.38. The zero-order valence-electron chi connectivity index (χ0n) is 12.6. The van der Waals surface area contributed by atoms with E-state index >= 15 is 0 Å². The largest absolute Gasteiger partial charge is 0.354 e. The lowest BCUT2D eigenvalue weighted by molar-refractivity contribution is -0.125. The van der Waals surface area contributed by atoms with E-state index in [1.165, 1.54) is 11.8 Å². The monoisotopic (exact) mass is 307 g/mol. The summed E-state index contributed by atoms with van der Waals surface area (Å²) in [4.78, 5) is 30.6. The average Bonchev–Trinajstić information content (AvgIpc) is 2.48. The number of amides is 2. The van der Waals surface area contributed by atoms with Gasteiger partial charge in [0.2, 0.25) is 11.8 Å². The Morgan fingerprint density at radius 1 is 1.52 bits per heavy atom. The third-order valence-corrected chi connectivity index (χ3v) is 4.73. The summed E-state index contributed by atoms with van der Waals surface area (Å²) >= 11 is 1.38. The minimum atomic E-state index is -0.392. The second-order valence-electron chi connectivity index (χ2n) is 5.10. The molecule has 0 aromatic carbocycles. The van der Waals surface area contributed by atoms with E-state index in [-0.39, 0.29) is 24.3 Å². The van der Waals surface area contributed by atoms with Gasteiger partial charge in [-0.25, -0.2) is 4.98 Å². The molecular formula is C15H21N3O2S. The highest BCUT2D eigenvalue weighted by Gasteiger charge is 2.34. The summed E-state index contributed by atoms with van der Waals surface area (Å²) < 4.78 is 0. The normalized spacial score (nSPS) is 19.1. The average molecular weight is 307 g/mol. The van der Waals surface area contributed by atoms with E-state index in [0.29, 0.717) is 6.54 Å². The lowest BCUT2D eigenvalue weighted by atomic mass is 10.2. The highest BCUT2D eigenvalue weighted by atomic mass is 32.2. The van der Waals surface area contributed by atoms with Crippen LogP contribution in [0.4, 0.5) is 5.69 Å². The minimum absolute atomic E-state index is 0.0118. The molecule has 2 atom stereocenters. The molecule has 2 rings (SSSR count). The summed E-state index contributed by atoms with van der Waals surface area (Å²) in [5, 5.41) is 3.34. The smallest absolute Gasteiger partial charge is 0.241 e. The van der Waals surface area contributed by atoms with Gasteiger partial charge in [-0.1, -0.05) is 18.7 Å². The molecule has 2 heterocycles. The topological polar surface area (TPSA) is 62.3 Å². The van der Waals surface area contributed by atoms with Gasteiger partial charge in [-0.2, -0.15) is 0 Å². The first-order valence-electron chi connectivity index (χ1n) is 7.29. The number of rotatable bonds is 5. The summed E-state index contributed by atoms with van der Waals surface area (Å²) in [7, 11) is 0. The van der Waals surface area contributed by atoms with Crippen LogP contribution in [0.3, 0.4) is 0 Å². The maximum Gasteiger partial charge on any atom is 0.241 e. The molecule has 1 aliphatic rings. The van der Waals surface area contributed by atoms with Gasteiger partial charge in [0.1, 0.15) is 5.03 Å². The van der Waals surface area contributed by atoms with Gasteiger partial charge in [-0.15, -0.1) is 0 Å². The van der Waals surface area contributed by atoms with Gasteiger partial charge in [-0.05, 0) is 32.4 Å². The Labute approximate surface area is 129 Å². The molecule has 1 N–H and O–H groups in total. The van der Waals surface area contributed by atoms with Gasteiger partial charge >= 0.3 is 0 Å². The van der Waals surface area contributed by atoms with E-state index in [9.17, 15) is 9.59 Å². The van der Waals surface area contributed by atoms with Crippen LogP contribution in [0.15, 0.2) is 23.4 Å². The van der Waals surface area contributed by atoms with E-state index in [2.05, 4.69) is 10.3 Å². The summed E-state index contributed by atoms with van der Waals surface area (Å²) in [5.74, 6) is -0.0899. The molecular weight excluding hydrogens is 286 g/mol. The zero-order chi connectivity index (χ0) is 15.4. The zero-order valence-corrected chi connectivity index (χ0v) is 13.4. The van der Waals surface area contributed by atoms with E-state index in [1.807, 2.05) is 32.9 Å². The number of hydrogen-bond acceptors (Lipinski definition) is 4. The fourth-order valence-corrected chi connectivity index (χ4v) is 3.37. The third kappa shape index (κ3) is 3.56. The number of nitrogens with zero attached hydrogens (tertiary/aromatic N) is 2. The Balaban J connectivity index is 2.12. The number of carbonyl (C=O) groups excluding carboxylic acids is 2. The summed E-state index contributed by atoms with van der Waals surface area (Å²) in [6.07, 6.45) is 2.79. The summed E-state index contributed by atoms with van der Waals surface area (Å²) in [6.45, 7) is 6.50. The van der Waals surface area contributed by atoms with Crippen molar-refractivity contribution in [3.63, 3.8) is 0 Å². The Bertz CT molecular complexity index is 535. The highest BCUT2D eigenvalue weighted by molar-refractivity contribution is 8.00. The number of pyridine rings is 1. The number of fused-ring (bicyclic) bond motifs is 1. The SMILES string of the molecule is CC[C@H](C)NC(=O)C[C@H]1Sc2ncccc2N(CC)C1=O. The van der Waals surface area contributed by atoms with Gasteiger partial charge in [0, 0.05) is 25.2 Å². The first kappa shape index (κ1) is 15.8. The van der Waals surface area contributed by atoms with Crippen molar-refractivity contribution < 1.29 is 9.59 Å². The Hall–Kier alpha value is -1.56. The van der Waals surface area contributed by atoms with Crippen molar-refractivity contribution >= 4 is 29.3 Å². The van der Waals surface area contributed by atoms with E-state index in [4.69, 9.17) is 0 Å². The first-order valence-corrected chi connectivity index (χ1v) is 8.17. The number of carbonyl (C=O) groups is 2. The molecule has 1 aromatic heterocycles. The molecule has 0 saturated carbocycles. The predicted molar refractivity (Wildman–Crippen MR) is 84.4 cm³/mol. The fraction of sp³-hybridized carbons (Fsp3) is 0.533. The van der Waals surface area contributed by atoms with Crippen molar-refractivity contribution in [3.8, 4) is 0 Å². The molecule has 0 saturated heterocycles. The van der Waals surface area contributed by atoms with Crippen LogP contribution in [0.2, 0.25) is 0 Å². The fourth-order valence-electron chi connectivity index (χ4n) is 2.22. The summed E-state index contributed by atoms with van der Waals surface area (Å²) in [5.41, 5.74) is 0.841. The maximum atomic E-state index is 12.5. The van der Waals surface area contributed by atoms with Crippen LogP contribution in [0, 0.1) is 0 Å². The van der Waals surface area contributed by atoms with Crippen LogP contribution in [0.25, 0.3) is 0 Å². The van der Waals surface area contributed by atoms with Crippen molar-refractivity contribution in [3.05, 3.63) is 18.3 Å². The van der Waals surface area contributed by atoms with Crippen molar-refractivity contribution in [1.29, 1.82) is 0 Å². The Kier molecular flexibility index (Phi) is 5.22.